The summed E-state index contributed by atoms with van der Waals surface area (Å²) in [6.07, 6.45) is 5.53. The molecule has 1 aromatic heterocycles. The molecule has 2 N–H and O–H groups in total. The van der Waals surface area contributed by atoms with Gasteiger partial charge in [-0.05, 0) is 20.3 Å². The highest BCUT2D eigenvalue weighted by molar-refractivity contribution is 5.78. The minimum Gasteiger partial charge on any atom is -0.353 e. The SMILES string of the molecule is CCCC(C)NC(=O)CNCc1cnc(C)cn1. The Labute approximate surface area is 108 Å². The molecule has 0 aromatic carbocycles. The number of carbonyl (C=O) groups is 1. The molecule has 5 heteroatoms. The first-order chi connectivity index (χ1) is 8.61. The fraction of sp³-hybridized carbons (Fsp3) is 0.615. The first-order valence-electron chi connectivity index (χ1n) is 6.39. The van der Waals surface area contributed by atoms with E-state index in [1.54, 1.807) is 12.4 Å². The first kappa shape index (κ1) is 14.6. The van der Waals surface area contributed by atoms with Crippen LogP contribution in [0.4, 0.5) is 0 Å². The van der Waals surface area contributed by atoms with Crippen molar-refractivity contribution in [2.24, 2.45) is 0 Å². The van der Waals surface area contributed by atoms with E-state index >= 15 is 0 Å². The average molecular weight is 250 g/mol. The van der Waals surface area contributed by atoms with E-state index in [9.17, 15) is 4.79 Å². The van der Waals surface area contributed by atoms with Gasteiger partial charge in [-0.3, -0.25) is 14.8 Å². The molecule has 1 aromatic rings. The van der Waals surface area contributed by atoms with Crippen molar-refractivity contribution >= 4 is 5.91 Å². The molecule has 1 rings (SSSR count). The number of nitrogens with one attached hydrogen (secondary N) is 2. The van der Waals surface area contributed by atoms with Crippen molar-refractivity contribution in [1.29, 1.82) is 0 Å². The molecule has 1 atom stereocenters. The van der Waals surface area contributed by atoms with Crippen LogP contribution in [0.15, 0.2) is 12.4 Å². The summed E-state index contributed by atoms with van der Waals surface area (Å²) in [6.45, 7) is 6.89. The number of aromatic nitrogens is 2. The summed E-state index contributed by atoms with van der Waals surface area (Å²) < 4.78 is 0. The van der Waals surface area contributed by atoms with Gasteiger partial charge in [0.1, 0.15) is 0 Å². The highest BCUT2D eigenvalue weighted by Crippen LogP contribution is 1.95. The molecular weight excluding hydrogens is 228 g/mol. The van der Waals surface area contributed by atoms with Crippen LogP contribution in [0.3, 0.4) is 0 Å². The molecule has 1 unspecified atom stereocenters. The van der Waals surface area contributed by atoms with Gasteiger partial charge in [0.2, 0.25) is 5.91 Å². The molecule has 100 valence electrons. The second kappa shape index (κ2) is 7.76. The van der Waals surface area contributed by atoms with Crippen molar-refractivity contribution in [3.05, 3.63) is 23.8 Å². The molecule has 0 aliphatic heterocycles. The molecule has 0 radical (unpaired) electrons. The van der Waals surface area contributed by atoms with E-state index in [4.69, 9.17) is 0 Å². The lowest BCUT2D eigenvalue weighted by molar-refractivity contribution is -0.120. The minimum atomic E-state index is 0.0241. The Kier molecular flexibility index (Phi) is 6.28. The van der Waals surface area contributed by atoms with Crippen molar-refractivity contribution in [2.45, 2.75) is 46.2 Å². The molecular formula is C13H22N4O. The Morgan fingerprint density at radius 1 is 1.39 bits per heavy atom. The average Bonchev–Trinajstić information content (AvgIpc) is 2.32. The lowest BCUT2D eigenvalue weighted by Gasteiger charge is -2.12. The van der Waals surface area contributed by atoms with Crippen molar-refractivity contribution < 1.29 is 4.79 Å². The van der Waals surface area contributed by atoms with E-state index in [2.05, 4.69) is 27.5 Å². The first-order valence-corrected chi connectivity index (χ1v) is 6.39. The zero-order chi connectivity index (χ0) is 13.4. The normalized spacial score (nSPS) is 12.2. The van der Waals surface area contributed by atoms with Crippen molar-refractivity contribution in [1.82, 2.24) is 20.6 Å². The molecule has 1 heterocycles. The van der Waals surface area contributed by atoms with Crippen molar-refractivity contribution in [3.8, 4) is 0 Å². The standard InChI is InChI=1S/C13H22N4O/c1-4-5-10(2)17-13(18)9-14-7-12-8-15-11(3)6-16-12/h6,8,10,14H,4-5,7,9H2,1-3H3,(H,17,18). The molecule has 0 saturated carbocycles. The van der Waals surface area contributed by atoms with Crippen LogP contribution in [0, 0.1) is 6.92 Å². The summed E-state index contributed by atoms with van der Waals surface area (Å²) in [5.74, 6) is 0.0241. The minimum absolute atomic E-state index is 0.0241. The van der Waals surface area contributed by atoms with Gasteiger partial charge in [-0.1, -0.05) is 13.3 Å². The number of hydrogen-bond acceptors (Lipinski definition) is 4. The second-order valence-corrected chi connectivity index (χ2v) is 4.51. The Morgan fingerprint density at radius 3 is 2.78 bits per heavy atom. The van der Waals surface area contributed by atoms with Gasteiger partial charge >= 0.3 is 0 Å². The van der Waals surface area contributed by atoms with Gasteiger partial charge in [0.15, 0.2) is 0 Å². The topological polar surface area (TPSA) is 66.9 Å². The summed E-state index contributed by atoms with van der Waals surface area (Å²) in [7, 11) is 0. The maximum atomic E-state index is 11.6. The lowest BCUT2D eigenvalue weighted by atomic mass is 10.2. The molecule has 5 nitrogen and oxygen atoms in total. The van der Waals surface area contributed by atoms with Crippen LogP contribution < -0.4 is 10.6 Å². The molecule has 0 fully saturated rings. The van der Waals surface area contributed by atoms with Gasteiger partial charge in [-0.15, -0.1) is 0 Å². The van der Waals surface area contributed by atoms with Crippen LogP contribution >= 0.6 is 0 Å². The Hall–Kier alpha value is -1.49. The molecule has 0 aliphatic rings. The van der Waals surface area contributed by atoms with Crippen LogP contribution in [0.5, 0.6) is 0 Å². The van der Waals surface area contributed by atoms with Crippen LogP contribution in [0.1, 0.15) is 38.1 Å². The van der Waals surface area contributed by atoms with Crippen LogP contribution in [0.25, 0.3) is 0 Å². The number of aryl methyl sites for hydroxylation is 1. The number of nitrogens with zero attached hydrogens (tertiary/aromatic N) is 2. The summed E-state index contributed by atoms with van der Waals surface area (Å²) in [5.41, 5.74) is 1.74. The number of hydrogen-bond donors (Lipinski definition) is 2. The third kappa shape index (κ3) is 5.72. The van der Waals surface area contributed by atoms with E-state index in [-0.39, 0.29) is 11.9 Å². The van der Waals surface area contributed by atoms with Crippen LogP contribution in [-0.4, -0.2) is 28.5 Å². The Morgan fingerprint density at radius 2 is 2.17 bits per heavy atom. The predicted molar refractivity (Wildman–Crippen MR) is 71.0 cm³/mol. The third-order valence-electron chi connectivity index (χ3n) is 2.56. The van der Waals surface area contributed by atoms with Gasteiger partial charge in [0, 0.05) is 25.0 Å². The van der Waals surface area contributed by atoms with Gasteiger partial charge in [-0.2, -0.15) is 0 Å². The van der Waals surface area contributed by atoms with E-state index < -0.39 is 0 Å². The zero-order valence-corrected chi connectivity index (χ0v) is 11.4. The van der Waals surface area contributed by atoms with E-state index in [1.165, 1.54) is 0 Å². The Bertz CT molecular complexity index is 364. The number of rotatable bonds is 7. The van der Waals surface area contributed by atoms with Crippen LogP contribution in [-0.2, 0) is 11.3 Å². The fourth-order valence-electron chi connectivity index (χ4n) is 1.65. The van der Waals surface area contributed by atoms with Gasteiger partial charge in [0.05, 0.1) is 17.9 Å². The van der Waals surface area contributed by atoms with E-state index in [1.807, 2.05) is 13.8 Å². The van der Waals surface area contributed by atoms with E-state index in [0.29, 0.717) is 13.1 Å². The largest absolute Gasteiger partial charge is 0.353 e. The van der Waals surface area contributed by atoms with Crippen LogP contribution in [0.2, 0.25) is 0 Å². The summed E-state index contributed by atoms with van der Waals surface area (Å²) in [4.78, 5) is 19.9. The van der Waals surface area contributed by atoms with Gasteiger partial charge in [-0.25, -0.2) is 0 Å². The molecule has 18 heavy (non-hydrogen) atoms. The smallest absolute Gasteiger partial charge is 0.234 e. The maximum absolute atomic E-state index is 11.6. The third-order valence-corrected chi connectivity index (χ3v) is 2.56. The Balaban J connectivity index is 2.21. The lowest BCUT2D eigenvalue weighted by Crippen LogP contribution is -2.38. The quantitative estimate of drug-likeness (QED) is 0.762. The van der Waals surface area contributed by atoms with Crippen molar-refractivity contribution in [3.63, 3.8) is 0 Å². The number of carbonyl (C=O) groups excluding carboxylic acids is 1. The highest BCUT2D eigenvalue weighted by atomic mass is 16.1. The molecule has 0 bridgehead atoms. The summed E-state index contributed by atoms with van der Waals surface area (Å²) >= 11 is 0. The number of amides is 1. The second-order valence-electron chi connectivity index (χ2n) is 4.51. The fourth-order valence-corrected chi connectivity index (χ4v) is 1.65. The molecule has 0 spiro atoms. The molecule has 0 aliphatic carbocycles. The maximum Gasteiger partial charge on any atom is 0.234 e. The summed E-state index contributed by atoms with van der Waals surface area (Å²) in [5, 5.41) is 5.99. The predicted octanol–water partition coefficient (Wildman–Crippen LogP) is 1.18. The van der Waals surface area contributed by atoms with Crippen molar-refractivity contribution in [2.75, 3.05) is 6.54 Å². The molecule has 1 amide bonds. The molecule has 0 saturated heterocycles. The van der Waals surface area contributed by atoms with E-state index in [0.717, 1.165) is 24.2 Å². The summed E-state index contributed by atoms with van der Waals surface area (Å²) in [6, 6.07) is 0.239. The highest BCUT2D eigenvalue weighted by Gasteiger charge is 2.05. The van der Waals surface area contributed by atoms with Gasteiger partial charge < -0.3 is 10.6 Å². The van der Waals surface area contributed by atoms with Gasteiger partial charge in [0.25, 0.3) is 0 Å². The zero-order valence-electron chi connectivity index (χ0n) is 11.4. The monoisotopic (exact) mass is 250 g/mol.